The SMILES string of the molecule is COc1cc2c(Oc3ccc(CC(=O)c4cc5c(n(-c6ccccc6)c4=O)CCCC5=O)nc3)ccnc2cc1OCCCN1CCOCC1. The lowest BCUT2D eigenvalue weighted by Gasteiger charge is -2.26. The molecule has 0 saturated carbocycles. The third kappa shape index (κ3) is 7.15. The minimum Gasteiger partial charge on any atom is -0.493 e. The smallest absolute Gasteiger partial charge is 0.266 e. The highest BCUT2D eigenvalue weighted by Gasteiger charge is 2.26. The van der Waals surface area contributed by atoms with E-state index in [1.54, 1.807) is 43.6 Å². The molecule has 2 aliphatic rings. The Balaban J connectivity index is 1.06. The van der Waals surface area contributed by atoms with Crippen molar-refractivity contribution in [1.29, 1.82) is 0 Å². The Kier molecular flexibility index (Phi) is 9.95. The van der Waals surface area contributed by atoms with Gasteiger partial charge in [0.25, 0.3) is 5.56 Å². The van der Waals surface area contributed by atoms with Crippen molar-refractivity contribution in [1.82, 2.24) is 19.4 Å². The first-order chi connectivity index (χ1) is 24.5. The standard InChI is InChI=1S/C39H38N4O7/c1-47-37-23-29-32(24-38(37)49-18-6-15-42-16-19-48-20-17-42)40-14-13-36(29)50-28-12-11-26(41-25-28)21-35(45)31-22-30-33(9-5-10-34(30)44)43(39(31)46)27-7-3-2-4-8-27/h2-4,7-8,11-14,22-25H,5-6,9-10,15-21H2,1H3. The van der Waals surface area contributed by atoms with Gasteiger partial charge < -0.3 is 18.9 Å². The summed E-state index contributed by atoms with van der Waals surface area (Å²) in [6.45, 7) is 4.92. The Labute approximate surface area is 289 Å². The van der Waals surface area contributed by atoms with Crippen LogP contribution in [-0.2, 0) is 17.6 Å². The number of hydrogen-bond acceptors (Lipinski definition) is 10. The molecule has 2 aromatic carbocycles. The van der Waals surface area contributed by atoms with Crippen molar-refractivity contribution in [3.63, 3.8) is 0 Å². The minimum atomic E-state index is -0.434. The zero-order valence-corrected chi connectivity index (χ0v) is 27.9. The second-order valence-electron chi connectivity index (χ2n) is 12.3. The van der Waals surface area contributed by atoms with E-state index in [2.05, 4.69) is 14.9 Å². The summed E-state index contributed by atoms with van der Waals surface area (Å²) in [6.07, 6.45) is 5.62. The lowest BCUT2D eigenvalue weighted by molar-refractivity contribution is 0.0357. The van der Waals surface area contributed by atoms with Crippen LogP contribution in [-0.4, -0.2) is 77.6 Å². The second-order valence-corrected chi connectivity index (χ2v) is 12.3. The molecule has 50 heavy (non-hydrogen) atoms. The van der Waals surface area contributed by atoms with Gasteiger partial charge in [-0.2, -0.15) is 0 Å². The van der Waals surface area contributed by atoms with Crippen LogP contribution in [0.3, 0.4) is 0 Å². The Hall–Kier alpha value is -5.39. The number of pyridine rings is 3. The number of carbonyl (C=O) groups is 2. The molecule has 0 radical (unpaired) electrons. The third-order valence-electron chi connectivity index (χ3n) is 9.07. The first kappa shape index (κ1) is 33.1. The van der Waals surface area contributed by atoms with Gasteiger partial charge in [-0.15, -0.1) is 0 Å². The number of methoxy groups -OCH3 is 1. The van der Waals surface area contributed by atoms with Crippen molar-refractivity contribution < 1.29 is 28.5 Å². The summed E-state index contributed by atoms with van der Waals surface area (Å²) in [5, 5.41) is 0.737. The normalized spacial score (nSPS) is 14.7. The van der Waals surface area contributed by atoms with E-state index >= 15 is 0 Å². The molecule has 0 unspecified atom stereocenters. The molecule has 256 valence electrons. The van der Waals surface area contributed by atoms with E-state index < -0.39 is 11.3 Å². The molecule has 11 nitrogen and oxygen atoms in total. The maximum absolute atomic E-state index is 13.7. The summed E-state index contributed by atoms with van der Waals surface area (Å²) in [7, 11) is 1.60. The molecule has 0 atom stereocenters. The Bertz CT molecular complexity index is 2070. The zero-order valence-electron chi connectivity index (χ0n) is 27.9. The number of rotatable bonds is 12. The van der Waals surface area contributed by atoms with Crippen LogP contribution in [0, 0.1) is 0 Å². The van der Waals surface area contributed by atoms with E-state index in [0.717, 1.165) is 44.7 Å². The Morgan fingerprint density at radius 1 is 0.920 bits per heavy atom. The van der Waals surface area contributed by atoms with Gasteiger partial charge in [0, 0.05) is 66.3 Å². The van der Waals surface area contributed by atoms with Crippen molar-refractivity contribution >= 4 is 22.5 Å². The summed E-state index contributed by atoms with van der Waals surface area (Å²) in [5.41, 5.74) is 2.41. The Morgan fingerprint density at radius 2 is 1.76 bits per heavy atom. The topological polar surface area (TPSA) is 122 Å². The molecule has 0 amide bonds. The summed E-state index contributed by atoms with van der Waals surface area (Å²) in [5.74, 6) is 1.73. The fraction of sp³-hybridized carbons (Fsp3) is 0.308. The summed E-state index contributed by atoms with van der Waals surface area (Å²) in [6, 6.07) is 19.5. The van der Waals surface area contributed by atoms with Crippen LogP contribution >= 0.6 is 0 Å². The first-order valence-corrected chi connectivity index (χ1v) is 16.9. The van der Waals surface area contributed by atoms with E-state index in [-0.39, 0.29) is 17.8 Å². The average Bonchev–Trinajstić information content (AvgIpc) is 3.14. The number of hydrogen-bond donors (Lipinski definition) is 0. The summed E-state index contributed by atoms with van der Waals surface area (Å²) >= 11 is 0. The molecule has 3 aromatic heterocycles. The largest absolute Gasteiger partial charge is 0.493 e. The van der Waals surface area contributed by atoms with Gasteiger partial charge in [-0.3, -0.25) is 33.8 Å². The van der Waals surface area contributed by atoms with E-state index in [0.29, 0.717) is 77.0 Å². The number of ether oxygens (including phenoxy) is 4. The lowest BCUT2D eigenvalue weighted by atomic mass is 9.91. The van der Waals surface area contributed by atoms with Gasteiger partial charge in [0.15, 0.2) is 23.1 Å². The third-order valence-corrected chi connectivity index (χ3v) is 9.07. The molecule has 7 rings (SSSR count). The highest BCUT2D eigenvalue weighted by Crippen LogP contribution is 2.37. The molecular formula is C39H38N4O7. The molecule has 1 aliphatic heterocycles. The number of ketones is 2. The number of carbonyl (C=O) groups excluding carboxylic acids is 2. The molecule has 1 aliphatic carbocycles. The predicted octanol–water partition coefficient (Wildman–Crippen LogP) is 5.63. The van der Waals surface area contributed by atoms with Crippen LogP contribution in [0.1, 0.15) is 51.4 Å². The van der Waals surface area contributed by atoms with Crippen LogP contribution in [0.2, 0.25) is 0 Å². The van der Waals surface area contributed by atoms with E-state index in [1.807, 2.05) is 30.3 Å². The number of aromatic nitrogens is 3. The van der Waals surface area contributed by atoms with Gasteiger partial charge in [0.1, 0.15) is 11.5 Å². The van der Waals surface area contributed by atoms with Crippen molar-refractivity contribution in [3.8, 4) is 28.7 Å². The number of benzene rings is 2. The van der Waals surface area contributed by atoms with Crippen LogP contribution in [0.5, 0.6) is 23.0 Å². The van der Waals surface area contributed by atoms with Crippen molar-refractivity contribution in [3.05, 3.63) is 112 Å². The number of nitrogens with zero attached hydrogens (tertiary/aromatic N) is 4. The maximum atomic E-state index is 13.7. The molecule has 1 fully saturated rings. The van der Waals surface area contributed by atoms with Gasteiger partial charge >= 0.3 is 0 Å². The molecule has 0 spiro atoms. The highest BCUT2D eigenvalue weighted by molar-refractivity contribution is 6.03. The second kappa shape index (κ2) is 15.0. The fourth-order valence-corrected chi connectivity index (χ4v) is 6.49. The van der Waals surface area contributed by atoms with Gasteiger partial charge in [0.05, 0.1) is 50.6 Å². The Morgan fingerprint density at radius 3 is 2.54 bits per heavy atom. The minimum absolute atomic E-state index is 0.0253. The number of morpholine rings is 1. The maximum Gasteiger partial charge on any atom is 0.266 e. The van der Waals surface area contributed by atoms with E-state index in [1.165, 1.54) is 16.8 Å². The van der Waals surface area contributed by atoms with Gasteiger partial charge in [-0.25, -0.2) is 0 Å². The molecule has 0 N–H and O–H groups in total. The van der Waals surface area contributed by atoms with Gasteiger partial charge in [-0.1, -0.05) is 18.2 Å². The molecule has 1 saturated heterocycles. The van der Waals surface area contributed by atoms with Crippen molar-refractivity contribution in [2.75, 3.05) is 46.6 Å². The zero-order chi connectivity index (χ0) is 34.5. The molecule has 11 heteroatoms. The number of Topliss-reactive ketones (excluding diaryl/α,β-unsaturated/α-hetero) is 2. The molecule has 4 heterocycles. The quantitative estimate of drug-likeness (QED) is 0.122. The van der Waals surface area contributed by atoms with Crippen LogP contribution in [0.25, 0.3) is 16.6 Å². The number of fused-ring (bicyclic) bond motifs is 2. The van der Waals surface area contributed by atoms with Crippen LogP contribution in [0.4, 0.5) is 0 Å². The summed E-state index contributed by atoms with van der Waals surface area (Å²) in [4.78, 5) is 51.5. The van der Waals surface area contributed by atoms with Crippen molar-refractivity contribution in [2.24, 2.45) is 0 Å². The highest BCUT2D eigenvalue weighted by atomic mass is 16.5. The first-order valence-electron chi connectivity index (χ1n) is 16.9. The van der Waals surface area contributed by atoms with Crippen molar-refractivity contribution in [2.45, 2.75) is 32.1 Å². The van der Waals surface area contributed by atoms with Crippen LogP contribution in [0.15, 0.2) is 83.9 Å². The van der Waals surface area contributed by atoms with Gasteiger partial charge in [-0.05, 0) is 61.7 Å². The lowest BCUT2D eigenvalue weighted by Crippen LogP contribution is -2.37. The molecule has 0 bridgehead atoms. The fourth-order valence-electron chi connectivity index (χ4n) is 6.49. The van der Waals surface area contributed by atoms with Crippen LogP contribution < -0.4 is 19.8 Å². The molecule has 5 aromatic rings. The summed E-state index contributed by atoms with van der Waals surface area (Å²) < 4.78 is 24.9. The number of para-hydroxylation sites is 1. The average molecular weight is 675 g/mol. The monoisotopic (exact) mass is 674 g/mol. The van der Waals surface area contributed by atoms with E-state index in [9.17, 15) is 14.4 Å². The van der Waals surface area contributed by atoms with Gasteiger partial charge in [0.2, 0.25) is 0 Å². The molecular weight excluding hydrogens is 636 g/mol. The predicted molar refractivity (Wildman–Crippen MR) is 187 cm³/mol. The van der Waals surface area contributed by atoms with E-state index in [4.69, 9.17) is 18.9 Å².